The summed E-state index contributed by atoms with van der Waals surface area (Å²) in [5, 5.41) is 11.7. The number of nitrogens with zero attached hydrogens (tertiary/aromatic N) is 3. The van der Waals surface area contributed by atoms with Gasteiger partial charge in [0.05, 0.1) is 6.54 Å². The molecule has 1 aliphatic rings. The molecule has 0 radical (unpaired) electrons. The molecule has 0 saturated carbocycles. The third-order valence-electron chi connectivity index (χ3n) is 3.93. The zero-order chi connectivity index (χ0) is 13.1. The van der Waals surface area contributed by atoms with Gasteiger partial charge in [-0.15, -0.1) is 10.2 Å². The van der Waals surface area contributed by atoms with Crippen LogP contribution in [0.1, 0.15) is 30.3 Å². The molecule has 1 heterocycles. The summed E-state index contributed by atoms with van der Waals surface area (Å²) in [5.74, 6) is 1.03. The van der Waals surface area contributed by atoms with Crippen molar-refractivity contribution in [1.29, 1.82) is 0 Å². The lowest BCUT2D eigenvalue weighted by atomic mass is 9.88. The zero-order valence-corrected chi connectivity index (χ0v) is 11.3. The Morgan fingerprint density at radius 1 is 1.32 bits per heavy atom. The van der Waals surface area contributed by atoms with Crippen molar-refractivity contribution >= 4 is 0 Å². The Morgan fingerprint density at radius 2 is 2.16 bits per heavy atom. The Kier molecular flexibility index (Phi) is 3.60. The van der Waals surface area contributed by atoms with Gasteiger partial charge in [0, 0.05) is 12.6 Å². The van der Waals surface area contributed by atoms with Gasteiger partial charge in [-0.05, 0) is 37.3 Å². The van der Waals surface area contributed by atoms with Gasteiger partial charge in [-0.1, -0.05) is 24.3 Å². The summed E-state index contributed by atoms with van der Waals surface area (Å²) in [6, 6.07) is 9.32. The molecule has 1 aromatic heterocycles. The molecule has 1 atom stereocenters. The Bertz CT molecular complexity index is 547. The first kappa shape index (κ1) is 12.4. The summed E-state index contributed by atoms with van der Waals surface area (Å²) in [4.78, 5) is 0. The standard InChI is InChI=1S/C15H20N4/c1-2-19-11-17-18-15(19)10-16-14-8-7-12-5-3-4-6-13(12)9-14/h3-6,11,14,16H,2,7-10H2,1H3. The molecule has 0 aliphatic heterocycles. The van der Waals surface area contributed by atoms with E-state index >= 15 is 0 Å². The smallest absolute Gasteiger partial charge is 0.146 e. The third-order valence-corrected chi connectivity index (χ3v) is 3.93. The average Bonchev–Trinajstić information content (AvgIpc) is 2.92. The fourth-order valence-corrected chi connectivity index (χ4v) is 2.79. The van der Waals surface area contributed by atoms with E-state index in [-0.39, 0.29) is 0 Å². The van der Waals surface area contributed by atoms with Crippen LogP contribution in [-0.4, -0.2) is 20.8 Å². The number of fused-ring (bicyclic) bond motifs is 1. The van der Waals surface area contributed by atoms with E-state index < -0.39 is 0 Å². The number of benzene rings is 1. The van der Waals surface area contributed by atoms with E-state index in [4.69, 9.17) is 0 Å². The predicted molar refractivity (Wildman–Crippen MR) is 74.8 cm³/mol. The highest BCUT2D eigenvalue weighted by atomic mass is 15.3. The van der Waals surface area contributed by atoms with Crippen molar-refractivity contribution in [1.82, 2.24) is 20.1 Å². The molecule has 0 fully saturated rings. The second-order valence-electron chi connectivity index (χ2n) is 5.12. The lowest BCUT2D eigenvalue weighted by molar-refractivity contribution is 0.445. The van der Waals surface area contributed by atoms with Crippen molar-refractivity contribution in [3.8, 4) is 0 Å². The molecule has 2 aromatic rings. The molecule has 0 saturated heterocycles. The van der Waals surface area contributed by atoms with Crippen LogP contribution < -0.4 is 5.32 Å². The minimum Gasteiger partial charge on any atom is -0.317 e. The topological polar surface area (TPSA) is 42.7 Å². The molecule has 1 N–H and O–H groups in total. The summed E-state index contributed by atoms with van der Waals surface area (Å²) in [5.41, 5.74) is 3.00. The molecule has 4 nitrogen and oxygen atoms in total. The van der Waals surface area contributed by atoms with Gasteiger partial charge in [0.15, 0.2) is 0 Å². The monoisotopic (exact) mass is 256 g/mol. The second kappa shape index (κ2) is 5.53. The normalized spacial score (nSPS) is 18.3. The number of hydrogen-bond donors (Lipinski definition) is 1. The molecule has 0 amide bonds. The van der Waals surface area contributed by atoms with E-state index in [1.807, 2.05) is 0 Å². The van der Waals surface area contributed by atoms with Gasteiger partial charge in [-0.25, -0.2) is 0 Å². The van der Waals surface area contributed by atoms with Gasteiger partial charge >= 0.3 is 0 Å². The fraction of sp³-hybridized carbons (Fsp3) is 0.467. The Labute approximate surface area is 113 Å². The van der Waals surface area contributed by atoms with Crippen LogP contribution in [0, 0.1) is 0 Å². The number of aromatic nitrogens is 3. The first-order valence-electron chi connectivity index (χ1n) is 7.03. The van der Waals surface area contributed by atoms with Gasteiger partial charge in [0.25, 0.3) is 0 Å². The molecule has 100 valence electrons. The average molecular weight is 256 g/mol. The molecule has 0 bridgehead atoms. The Balaban J connectivity index is 1.61. The van der Waals surface area contributed by atoms with E-state index in [1.165, 1.54) is 24.0 Å². The molecule has 19 heavy (non-hydrogen) atoms. The number of aryl methyl sites for hydroxylation is 2. The molecule has 1 aromatic carbocycles. The van der Waals surface area contributed by atoms with Crippen molar-refractivity contribution in [2.75, 3.05) is 0 Å². The van der Waals surface area contributed by atoms with Crippen molar-refractivity contribution in [2.45, 2.75) is 45.3 Å². The van der Waals surface area contributed by atoms with Gasteiger partial charge in [-0.2, -0.15) is 0 Å². The molecular formula is C15H20N4. The third kappa shape index (κ3) is 2.68. The fourth-order valence-electron chi connectivity index (χ4n) is 2.79. The van der Waals surface area contributed by atoms with Gasteiger partial charge < -0.3 is 9.88 Å². The van der Waals surface area contributed by atoms with Gasteiger partial charge in [0.2, 0.25) is 0 Å². The van der Waals surface area contributed by atoms with Crippen molar-refractivity contribution in [3.05, 3.63) is 47.5 Å². The van der Waals surface area contributed by atoms with E-state index in [2.05, 4.69) is 51.3 Å². The minimum absolute atomic E-state index is 0.553. The number of hydrogen-bond acceptors (Lipinski definition) is 3. The summed E-state index contributed by atoms with van der Waals surface area (Å²) in [6.07, 6.45) is 5.30. The van der Waals surface area contributed by atoms with Crippen molar-refractivity contribution < 1.29 is 0 Å². The van der Waals surface area contributed by atoms with Crippen LogP contribution in [0.5, 0.6) is 0 Å². The largest absolute Gasteiger partial charge is 0.317 e. The Morgan fingerprint density at radius 3 is 3.00 bits per heavy atom. The summed E-state index contributed by atoms with van der Waals surface area (Å²) in [6.45, 7) is 3.85. The molecule has 1 aliphatic carbocycles. The van der Waals surface area contributed by atoms with Gasteiger partial charge in [-0.3, -0.25) is 0 Å². The van der Waals surface area contributed by atoms with E-state index in [9.17, 15) is 0 Å². The van der Waals surface area contributed by atoms with Crippen LogP contribution >= 0.6 is 0 Å². The van der Waals surface area contributed by atoms with Crippen molar-refractivity contribution in [3.63, 3.8) is 0 Å². The Hall–Kier alpha value is -1.68. The quantitative estimate of drug-likeness (QED) is 0.909. The number of rotatable bonds is 4. The van der Waals surface area contributed by atoms with Crippen LogP contribution in [0.3, 0.4) is 0 Å². The maximum absolute atomic E-state index is 4.17. The van der Waals surface area contributed by atoms with E-state index in [0.717, 1.165) is 25.3 Å². The lowest BCUT2D eigenvalue weighted by Crippen LogP contribution is -2.34. The van der Waals surface area contributed by atoms with Crippen LogP contribution in [0.2, 0.25) is 0 Å². The molecular weight excluding hydrogens is 236 g/mol. The number of nitrogens with one attached hydrogen (secondary N) is 1. The summed E-state index contributed by atoms with van der Waals surface area (Å²) in [7, 11) is 0. The second-order valence-corrected chi connectivity index (χ2v) is 5.12. The molecule has 0 spiro atoms. The van der Waals surface area contributed by atoms with Gasteiger partial charge in [0.1, 0.15) is 12.2 Å². The summed E-state index contributed by atoms with van der Waals surface area (Å²) >= 11 is 0. The van der Waals surface area contributed by atoms with E-state index in [0.29, 0.717) is 6.04 Å². The highest BCUT2D eigenvalue weighted by Gasteiger charge is 2.18. The van der Waals surface area contributed by atoms with Crippen LogP contribution in [0.4, 0.5) is 0 Å². The zero-order valence-electron chi connectivity index (χ0n) is 11.3. The maximum atomic E-state index is 4.17. The van der Waals surface area contributed by atoms with Crippen LogP contribution in [-0.2, 0) is 25.9 Å². The minimum atomic E-state index is 0.553. The first-order chi connectivity index (χ1) is 9.36. The molecule has 4 heteroatoms. The highest BCUT2D eigenvalue weighted by molar-refractivity contribution is 5.30. The SMILES string of the molecule is CCn1cnnc1CNC1CCc2ccccc2C1. The highest BCUT2D eigenvalue weighted by Crippen LogP contribution is 2.21. The lowest BCUT2D eigenvalue weighted by Gasteiger charge is -2.25. The van der Waals surface area contributed by atoms with Crippen LogP contribution in [0.25, 0.3) is 0 Å². The first-order valence-corrected chi connectivity index (χ1v) is 7.03. The van der Waals surface area contributed by atoms with Crippen LogP contribution in [0.15, 0.2) is 30.6 Å². The van der Waals surface area contributed by atoms with Crippen molar-refractivity contribution in [2.24, 2.45) is 0 Å². The maximum Gasteiger partial charge on any atom is 0.146 e. The molecule has 3 rings (SSSR count). The van der Waals surface area contributed by atoms with E-state index in [1.54, 1.807) is 6.33 Å². The molecule has 1 unspecified atom stereocenters. The summed E-state index contributed by atoms with van der Waals surface area (Å²) < 4.78 is 2.09. The predicted octanol–water partition coefficient (Wildman–Crippen LogP) is 1.95.